The number of halogens is 1. The molecule has 1 amide bonds. The van der Waals surface area contributed by atoms with Gasteiger partial charge in [-0.15, -0.1) is 0 Å². The van der Waals surface area contributed by atoms with Gasteiger partial charge in [0.2, 0.25) is 0 Å². The number of nitrogens with one attached hydrogen (secondary N) is 1. The third kappa shape index (κ3) is 4.35. The SMILES string of the molecule is CCC(Oc1ccc(Cl)cc1)C(=O)NC(C)c1ccc2c(c1)CCC2. The van der Waals surface area contributed by atoms with Gasteiger partial charge >= 0.3 is 0 Å². The standard InChI is InChI=1S/C21H24ClNO2/c1-3-20(25-19-11-9-18(22)10-12-19)21(24)23-14(2)16-8-7-15-5-4-6-17(15)13-16/h7-14,20H,3-6H2,1-2H3,(H,23,24). The molecular formula is C21H24ClNO2. The summed E-state index contributed by atoms with van der Waals surface area (Å²) < 4.78 is 5.82. The number of benzene rings is 2. The zero-order chi connectivity index (χ0) is 17.8. The molecule has 2 aromatic carbocycles. The molecule has 0 radical (unpaired) electrons. The molecule has 2 aromatic rings. The van der Waals surface area contributed by atoms with Gasteiger partial charge in [-0.2, -0.15) is 0 Å². The summed E-state index contributed by atoms with van der Waals surface area (Å²) in [5.41, 5.74) is 4.01. The van der Waals surface area contributed by atoms with Crippen LogP contribution in [0.15, 0.2) is 42.5 Å². The minimum Gasteiger partial charge on any atom is -0.481 e. The monoisotopic (exact) mass is 357 g/mol. The topological polar surface area (TPSA) is 38.3 Å². The molecule has 0 spiro atoms. The fraction of sp³-hybridized carbons (Fsp3) is 0.381. The second-order valence-corrected chi connectivity index (χ2v) is 7.02. The summed E-state index contributed by atoms with van der Waals surface area (Å²) in [4.78, 5) is 12.6. The molecule has 0 aromatic heterocycles. The number of amides is 1. The Bertz CT molecular complexity index is 742. The Labute approximate surface area is 154 Å². The first-order valence-electron chi connectivity index (χ1n) is 8.91. The number of hydrogen-bond donors (Lipinski definition) is 1. The van der Waals surface area contributed by atoms with Crippen LogP contribution in [0.3, 0.4) is 0 Å². The number of aryl methyl sites for hydroxylation is 2. The molecule has 3 nitrogen and oxygen atoms in total. The van der Waals surface area contributed by atoms with Gasteiger partial charge in [0.25, 0.3) is 5.91 Å². The Morgan fingerprint density at radius 3 is 2.60 bits per heavy atom. The van der Waals surface area contributed by atoms with Crippen molar-refractivity contribution in [2.45, 2.75) is 51.7 Å². The molecule has 2 atom stereocenters. The molecule has 1 aliphatic carbocycles. The van der Waals surface area contributed by atoms with Gasteiger partial charge in [0.15, 0.2) is 6.10 Å². The normalized spacial score (nSPS) is 15.3. The van der Waals surface area contributed by atoms with Gasteiger partial charge in [0.1, 0.15) is 5.75 Å². The lowest BCUT2D eigenvalue weighted by Gasteiger charge is -2.21. The van der Waals surface area contributed by atoms with Crippen LogP contribution in [0.25, 0.3) is 0 Å². The highest BCUT2D eigenvalue weighted by Gasteiger charge is 2.21. The summed E-state index contributed by atoms with van der Waals surface area (Å²) >= 11 is 5.89. The molecule has 0 bridgehead atoms. The van der Waals surface area contributed by atoms with Gasteiger partial charge in [-0.1, -0.05) is 36.7 Å². The molecular weight excluding hydrogens is 334 g/mol. The van der Waals surface area contributed by atoms with E-state index < -0.39 is 6.10 Å². The maximum absolute atomic E-state index is 12.6. The number of ether oxygens (including phenoxy) is 1. The molecule has 0 heterocycles. The van der Waals surface area contributed by atoms with E-state index in [2.05, 4.69) is 23.5 Å². The third-order valence-electron chi connectivity index (χ3n) is 4.74. The second-order valence-electron chi connectivity index (χ2n) is 6.58. The van der Waals surface area contributed by atoms with Crippen molar-refractivity contribution in [1.29, 1.82) is 0 Å². The molecule has 0 aliphatic heterocycles. The first-order valence-corrected chi connectivity index (χ1v) is 9.29. The molecule has 25 heavy (non-hydrogen) atoms. The Morgan fingerprint density at radius 2 is 1.88 bits per heavy atom. The summed E-state index contributed by atoms with van der Waals surface area (Å²) in [6.45, 7) is 3.96. The quantitative estimate of drug-likeness (QED) is 0.801. The van der Waals surface area contributed by atoms with Crippen molar-refractivity contribution in [3.05, 3.63) is 64.2 Å². The maximum Gasteiger partial charge on any atom is 0.261 e. The van der Waals surface area contributed by atoms with Crippen molar-refractivity contribution in [1.82, 2.24) is 5.32 Å². The van der Waals surface area contributed by atoms with Gasteiger partial charge in [-0.25, -0.2) is 0 Å². The van der Waals surface area contributed by atoms with Crippen LogP contribution in [-0.2, 0) is 17.6 Å². The summed E-state index contributed by atoms with van der Waals surface area (Å²) in [6, 6.07) is 13.6. The van der Waals surface area contributed by atoms with E-state index in [9.17, 15) is 4.79 Å². The summed E-state index contributed by atoms with van der Waals surface area (Å²) in [6.07, 6.45) is 3.63. The molecule has 1 N–H and O–H groups in total. The van der Waals surface area contributed by atoms with E-state index in [-0.39, 0.29) is 11.9 Å². The van der Waals surface area contributed by atoms with Crippen molar-refractivity contribution < 1.29 is 9.53 Å². The van der Waals surface area contributed by atoms with Crippen LogP contribution in [0.2, 0.25) is 5.02 Å². The molecule has 0 saturated carbocycles. The van der Waals surface area contributed by atoms with E-state index in [1.807, 2.05) is 13.8 Å². The Morgan fingerprint density at radius 1 is 1.16 bits per heavy atom. The number of rotatable bonds is 6. The predicted octanol–water partition coefficient (Wildman–Crippen LogP) is 4.86. The number of hydrogen-bond acceptors (Lipinski definition) is 2. The molecule has 0 fully saturated rings. The minimum absolute atomic E-state index is 0.0405. The first kappa shape index (κ1) is 17.8. The average molecular weight is 358 g/mol. The molecule has 3 rings (SSSR count). The van der Waals surface area contributed by atoms with E-state index in [4.69, 9.17) is 16.3 Å². The summed E-state index contributed by atoms with van der Waals surface area (Å²) in [5.74, 6) is 0.557. The highest BCUT2D eigenvalue weighted by Crippen LogP contribution is 2.25. The van der Waals surface area contributed by atoms with E-state index in [0.717, 1.165) is 12.0 Å². The molecule has 1 aliphatic rings. The molecule has 0 saturated heterocycles. The molecule has 4 heteroatoms. The van der Waals surface area contributed by atoms with Crippen LogP contribution in [0.5, 0.6) is 5.75 Å². The van der Waals surface area contributed by atoms with E-state index in [1.54, 1.807) is 24.3 Å². The summed E-state index contributed by atoms with van der Waals surface area (Å²) in [5, 5.41) is 3.73. The highest BCUT2D eigenvalue weighted by molar-refractivity contribution is 6.30. The van der Waals surface area contributed by atoms with Crippen LogP contribution >= 0.6 is 11.6 Å². The lowest BCUT2D eigenvalue weighted by Crippen LogP contribution is -2.39. The van der Waals surface area contributed by atoms with Crippen LogP contribution in [-0.4, -0.2) is 12.0 Å². The van der Waals surface area contributed by atoms with E-state index >= 15 is 0 Å². The van der Waals surface area contributed by atoms with Crippen LogP contribution in [0, 0.1) is 0 Å². The van der Waals surface area contributed by atoms with Crippen molar-refractivity contribution in [3.63, 3.8) is 0 Å². The number of fused-ring (bicyclic) bond motifs is 1. The fourth-order valence-corrected chi connectivity index (χ4v) is 3.38. The van der Waals surface area contributed by atoms with Crippen LogP contribution in [0.1, 0.15) is 49.4 Å². The Balaban J connectivity index is 1.63. The molecule has 132 valence electrons. The smallest absolute Gasteiger partial charge is 0.261 e. The fourth-order valence-electron chi connectivity index (χ4n) is 3.25. The van der Waals surface area contributed by atoms with Gasteiger partial charge in [0, 0.05) is 5.02 Å². The van der Waals surface area contributed by atoms with Crippen molar-refractivity contribution in [2.24, 2.45) is 0 Å². The molecule has 2 unspecified atom stereocenters. The number of carbonyl (C=O) groups excluding carboxylic acids is 1. The van der Waals surface area contributed by atoms with E-state index in [1.165, 1.54) is 24.0 Å². The first-order chi connectivity index (χ1) is 12.1. The van der Waals surface area contributed by atoms with Crippen molar-refractivity contribution in [3.8, 4) is 5.75 Å². The second kappa shape index (κ2) is 7.92. The van der Waals surface area contributed by atoms with Gasteiger partial charge in [0.05, 0.1) is 6.04 Å². The van der Waals surface area contributed by atoms with Crippen LogP contribution < -0.4 is 10.1 Å². The number of carbonyl (C=O) groups is 1. The Kier molecular flexibility index (Phi) is 5.64. The minimum atomic E-state index is -0.516. The third-order valence-corrected chi connectivity index (χ3v) is 4.99. The predicted molar refractivity (Wildman–Crippen MR) is 101 cm³/mol. The zero-order valence-corrected chi connectivity index (χ0v) is 15.5. The van der Waals surface area contributed by atoms with Crippen LogP contribution in [0.4, 0.5) is 0 Å². The zero-order valence-electron chi connectivity index (χ0n) is 14.7. The van der Waals surface area contributed by atoms with Crippen molar-refractivity contribution >= 4 is 17.5 Å². The average Bonchev–Trinajstić information content (AvgIpc) is 3.08. The highest BCUT2D eigenvalue weighted by atomic mass is 35.5. The largest absolute Gasteiger partial charge is 0.481 e. The van der Waals surface area contributed by atoms with E-state index in [0.29, 0.717) is 17.2 Å². The Hall–Kier alpha value is -2.00. The maximum atomic E-state index is 12.6. The van der Waals surface area contributed by atoms with Gasteiger partial charge in [-0.05, 0) is 73.6 Å². The lowest BCUT2D eigenvalue weighted by molar-refractivity contribution is -0.128. The lowest BCUT2D eigenvalue weighted by atomic mass is 10.0. The van der Waals surface area contributed by atoms with Gasteiger partial charge in [-0.3, -0.25) is 4.79 Å². The summed E-state index contributed by atoms with van der Waals surface area (Å²) in [7, 11) is 0. The van der Waals surface area contributed by atoms with Crippen molar-refractivity contribution in [2.75, 3.05) is 0 Å². The van der Waals surface area contributed by atoms with Gasteiger partial charge < -0.3 is 10.1 Å².